The summed E-state index contributed by atoms with van der Waals surface area (Å²) in [6, 6.07) is 8.33. The zero-order chi connectivity index (χ0) is 19.6. The lowest BCUT2D eigenvalue weighted by atomic mass is 10.1. The highest BCUT2D eigenvalue weighted by Gasteiger charge is 2.23. The number of nitrogens with one attached hydrogen (secondary N) is 1. The first kappa shape index (κ1) is 20.9. The van der Waals surface area contributed by atoms with Gasteiger partial charge in [-0.05, 0) is 57.7 Å². The summed E-state index contributed by atoms with van der Waals surface area (Å²) in [6.07, 6.45) is 2.45. The molecule has 0 aromatic heterocycles. The van der Waals surface area contributed by atoms with E-state index in [1.54, 1.807) is 4.90 Å². The number of rotatable bonds is 7. The number of benzene rings is 1. The largest absolute Gasteiger partial charge is 0.491 e. The summed E-state index contributed by atoms with van der Waals surface area (Å²) in [5, 5.41) is 3.26. The monoisotopic (exact) mass is 376 g/mol. The second-order valence-corrected chi connectivity index (χ2v) is 6.93. The SMILES string of the molecule is CCOC(=O)N1CCC(NC(N)=NCCc2ccc(OC(C)C)cc2)CC1. The number of hydrogen-bond donors (Lipinski definition) is 2. The fraction of sp³-hybridized carbons (Fsp3) is 0.600. The van der Waals surface area contributed by atoms with Crippen LogP contribution in [0, 0.1) is 0 Å². The molecule has 1 aromatic rings. The number of hydrogen-bond acceptors (Lipinski definition) is 4. The molecule has 1 saturated heterocycles. The molecule has 1 aliphatic heterocycles. The van der Waals surface area contributed by atoms with E-state index >= 15 is 0 Å². The van der Waals surface area contributed by atoms with E-state index in [4.69, 9.17) is 15.2 Å². The number of amides is 1. The Bertz CT molecular complexity index is 608. The first-order valence-electron chi connectivity index (χ1n) is 9.71. The van der Waals surface area contributed by atoms with Crippen molar-refractivity contribution < 1.29 is 14.3 Å². The molecule has 7 nitrogen and oxygen atoms in total. The molecule has 0 bridgehead atoms. The highest BCUT2D eigenvalue weighted by Crippen LogP contribution is 2.14. The van der Waals surface area contributed by atoms with E-state index in [0.29, 0.717) is 32.2 Å². The predicted octanol–water partition coefficient (Wildman–Crippen LogP) is 2.54. The van der Waals surface area contributed by atoms with Gasteiger partial charge in [-0.1, -0.05) is 12.1 Å². The first-order valence-corrected chi connectivity index (χ1v) is 9.71. The summed E-state index contributed by atoms with van der Waals surface area (Å²) in [5.41, 5.74) is 7.20. The molecule has 150 valence electrons. The van der Waals surface area contributed by atoms with Crippen LogP contribution in [0.5, 0.6) is 5.75 Å². The molecule has 27 heavy (non-hydrogen) atoms. The van der Waals surface area contributed by atoms with Crippen molar-refractivity contribution in [3.8, 4) is 5.75 Å². The molecule has 1 fully saturated rings. The molecular formula is C20H32N4O3. The number of ether oxygens (including phenoxy) is 2. The lowest BCUT2D eigenvalue weighted by Gasteiger charge is -2.31. The van der Waals surface area contributed by atoms with Crippen molar-refractivity contribution >= 4 is 12.1 Å². The van der Waals surface area contributed by atoms with Crippen LogP contribution >= 0.6 is 0 Å². The Labute approximate surface area is 161 Å². The summed E-state index contributed by atoms with van der Waals surface area (Å²) in [6.45, 7) is 8.23. The maximum atomic E-state index is 11.7. The van der Waals surface area contributed by atoms with Crippen LogP contribution in [-0.2, 0) is 11.2 Å². The molecule has 0 aliphatic carbocycles. The lowest BCUT2D eigenvalue weighted by molar-refractivity contribution is 0.0963. The number of piperidine rings is 1. The van der Waals surface area contributed by atoms with Crippen LogP contribution in [0.1, 0.15) is 39.2 Å². The van der Waals surface area contributed by atoms with Crippen molar-refractivity contribution in [1.29, 1.82) is 0 Å². The van der Waals surface area contributed by atoms with E-state index in [-0.39, 0.29) is 18.2 Å². The van der Waals surface area contributed by atoms with Gasteiger partial charge in [-0.2, -0.15) is 0 Å². The van der Waals surface area contributed by atoms with Gasteiger partial charge >= 0.3 is 6.09 Å². The number of nitrogens with two attached hydrogens (primary N) is 1. The molecule has 7 heteroatoms. The predicted molar refractivity (Wildman–Crippen MR) is 107 cm³/mol. The van der Waals surface area contributed by atoms with Crippen molar-refractivity contribution in [3.63, 3.8) is 0 Å². The number of nitrogens with zero attached hydrogens (tertiary/aromatic N) is 2. The molecule has 1 heterocycles. The van der Waals surface area contributed by atoms with Crippen molar-refractivity contribution in [2.24, 2.45) is 10.7 Å². The molecule has 0 unspecified atom stereocenters. The van der Waals surface area contributed by atoms with Crippen LogP contribution in [0.2, 0.25) is 0 Å². The number of carbonyl (C=O) groups excluding carboxylic acids is 1. The van der Waals surface area contributed by atoms with Gasteiger partial charge in [-0.15, -0.1) is 0 Å². The smallest absolute Gasteiger partial charge is 0.409 e. The topological polar surface area (TPSA) is 89.2 Å². The Kier molecular flexibility index (Phi) is 8.23. The minimum atomic E-state index is -0.234. The fourth-order valence-corrected chi connectivity index (χ4v) is 2.99. The van der Waals surface area contributed by atoms with Gasteiger partial charge < -0.3 is 25.4 Å². The summed E-state index contributed by atoms with van der Waals surface area (Å²) >= 11 is 0. The number of likely N-dealkylation sites (tertiary alicyclic amines) is 1. The summed E-state index contributed by atoms with van der Waals surface area (Å²) < 4.78 is 10.7. The van der Waals surface area contributed by atoms with Gasteiger partial charge in [0, 0.05) is 25.7 Å². The average Bonchev–Trinajstić information content (AvgIpc) is 2.63. The van der Waals surface area contributed by atoms with E-state index in [1.165, 1.54) is 5.56 Å². The van der Waals surface area contributed by atoms with Crippen molar-refractivity contribution in [2.75, 3.05) is 26.2 Å². The third-order valence-corrected chi connectivity index (χ3v) is 4.35. The summed E-state index contributed by atoms with van der Waals surface area (Å²) in [7, 11) is 0. The molecule has 0 spiro atoms. The molecule has 1 aromatic carbocycles. The molecule has 0 saturated carbocycles. The van der Waals surface area contributed by atoms with Gasteiger partial charge in [-0.25, -0.2) is 4.79 Å². The Morgan fingerprint density at radius 1 is 1.30 bits per heavy atom. The standard InChI is InChI=1S/C20H32N4O3/c1-4-26-20(25)24-13-10-17(11-14-24)23-19(21)22-12-9-16-5-7-18(8-6-16)27-15(2)3/h5-8,15,17H,4,9-14H2,1-3H3,(H3,21,22,23). The van der Waals surface area contributed by atoms with E-state index in [9.17, 15) is 4.79 Å². The Morgan fingerprint density at radius 3 is 2.56 bits per heavy atom. The third kappa shape index (κ3) is 7.37. The summed E-state index contributed by atoms with van der Waals surface area (Å²) in [5.74, 6) is 1.34. The molecule has 3 N–H and O–H groups in total. The highest BCUT2D eigenvalue weighted by atomic mass is 16.6. The molecule has 1 amide bonds. The van der Waals surface area contributed by atoms with Crippen molar-refractivity contribution in [2.45, 2.75) is 52.2 Å². The normalized spacial score (nSPS) is 15.7. The minimum Gasteiger partial charge on any atom is -0.491 e. The van der Waals surface area contributed by atoms with Crippen molar-refractivity contribution in [1.82, 2.24) is 10.2 Å². The quantitative estimate of drug-likeness (QED) is 0.564. The van der Waals surface area contributed by atoms with Crippen molar-refractivity contribution in [3.05, 3.63) is 29.8 Å². The van der Waals surface area contributed by atoms with Crippen LogP contribution in [0.25, 0.3) is 0 Å². The van der Waals surface area contributed by atoms with Gasteiger partial charge in [0.2, 0.25) is 0 Å². The maximum absolute atomic E-state index is 11.7. The Balaban J connectivity index is 1.70. The van der Waals surface area contributed by atoms with E-state index < -0.39 is 0 Å². The molecule has 0 radical (unpaired) electrons. The van der Waals surface area contributed by atoms with Gasteiger partial charge in [0.15, 0.2) is 5.96 Å². The zero-order valence-corrected chi connectivity index (χ0v) is 16.6. The molecule has 2 rings (SSSR count). The van der Waals surface area contributed by atoms with Gasteiger partial charge in [0.1, 0.15) is 5.75 Å². The maximum Gasteiger partial charge on any atom is 0.409 e. The molecule has 0 atom stereocenters. The van der Waals surface area contributed by atoms with Crippen LogP contribution in [0.3, 0.4) is 0 Å². The Hall–Kier alpha value is -2.44. The molecular weight excluding hydrogens is 344 g/mol. The first-order chi connectivity index (χ1) is 13.0. The lowest BCUT2D eigenvalue weighted by Crippen LogP contribution is -2.48. The van der Waals surface area contributed by atoms with Crippen LogP contribution < -0.4 is 15.8 Å². The van der Waals surface area contributed by atoms with Crippen LogP contribution in [-0.4, -0.2) is 55.3 Å². The van der Waals surface area contributed by atoms with E-state index in [1.807, 2.05) is 32.9 Å². The van der Waals surface area contributed by atoms with Gasteiger partial charge in [0.05, 0.1) is 12.7 Å². The highest BCUT2D eigenvalue weighted by molar-refractivity contribution is 5.78. The molecule has 1 aliphatic rings. The number of carbonyl (C=O) groups is 1. The van der Waals surface area contributed by atoms with Gasteiger partial charge in [0.25, 0.3) is 0 Å². The van der Waals surface area contributed by atoms with E-state index in [0.717, 1.165) is 25.0 Å². The summed E-state index contributed by atoms with van der Waals surface area (Å²) in [4.78, 5) is 17.9. The second-order valence-electron chi connectivity index (χ2n) is 6.93. The van der Waals surface area contributed by atoms with E-state index in [2.05, 4.69) is 22.4 Å². The second kappa shape index (κ2) is 10.6. The number of aliphatic imine (C=N–C) groups is 1. The fourth-order valence-electron chi connectivity index (χ4n) is 2.99. The average molecular weight is 377 g/mol. The minimum absolute atomic E-state index is 0.176. The van der Waals surface area contributed by atoms with Crippen LogP contribution in [0.15, 0.2) is 29.3 Å². The Morgan fingerprint density at radius 2 is 1.96 bits per heavy atom. The van der Waals surface area contributed by atoms with Crippen LogP contribution in [0.4, 0.5) is 4.79 Å². The zero-order valence-electron chi connectivity index (χ0n) is 16.6. The third-order valence-electron chi connectivity index (χ3n) is 4.35. The van der Waals surface area contributed by atoms with Gasteiger partial charge in [-0.3, -0.25) is 4.99 Å². The number of guanidine groups is 1.